The van der Waals surface area contributed by atoms with Crippen molar-refractivity contribution in [1.29, 1.82) is 0 Å². The molecule has 2 N–H and O–H groups in total. The van der Waals surface area contributed by atoms with Crippen molar-refractivity contribution in [1.82, 2.24) is 9.97 Å². The monoisotopic (exact) mass is 274 g/mol. The second kappa shape index (κ2) is 6.10. The van der Waals surface area contributed by atoms with E-state index >= 15 is 0 Å². The molecule has 6 nitrogen and oxygen atoms in total. The fourth-order valence-electron chi connectivity index (χ4n) is 1.91. The fourth-order valence-corrected chi connectivity index (χ4v) is 1.91. The lowest BCUT2D eigenvalue weighted by Crippen LogP contribution is -2.15. The minimum Gasteiger partial charge on any atom is -0.495 e. The Morgan fingerprint density at radius 3 is 2.70 bits per heavy atom. The van der Waals surface area contributed by atoms with Crippen LogP contribution in [-0.2, 0) is 0 Å². The van der Waals surface area contributed by atoms with Gasteiger partial charge in [-0.2, -0.15) is 4.98 Å². The van der Waals surface area contributed by atoms with Gasteiger partial charge in [-0.05, 0) is 19.1 Å². The first-order chi connectivity index (χ1) is 9.69. The van der Waals surface area contributed by atoms with Crippen molar-refractivity contribution in [2.45, 2.75) is 6.92 Å². The number of rotatable bonds is 5. The van der Waals surface area contributed by atoms with E-state index in [0.29, 0.717) is 24.0 Å². The van der Waals surface area contributed by atoms with Gasteiger partial charge in [0.1, 0.15) is 17.8 Å². The molecule has 0 unspecified atom stereocenters. The summed E-state index contributed by atoms with van der Waals surface area (Å²) < 4.78 is 10.7. The topological polar surface area (TPSA) is 73.5 Å². The third-order valence-electron chi connectivity index (χ3n) is 2.87. The van der Waals surface area contributed by atoms with E-state index in [0.717, 1.165) is 11.4 Å². The van der Waals surface area contributed by atoms with E-state index in [1.54, 1.807) is 7.11 Å². The molecule has 0 atom stereocenters. The number of nitrogens with two attached hydrogens (primary N) is 1. The van der Waals surface area contributed by atoms with Gasteiger partial charge >= 0.3 is 0 Å². The summed E-state index contributed by atoms with van der Waals surface area (Å²) in [4.78, 5) is 10.1. The quantitative estimate of drug-likeness (QED) is 0.901. The lowest BCUT2D eigenvalue weighted by Gasteiger charge is -2.22. The van der Waals surface area contributed by atoms with Gasteiger partial charge in [0.25, 0.3) is 0 Å². The maximum atomic E-state index is 6.07. The second-order valence-electron chi connectivity index (χ2n) is 4.08. The van der Waals surface area contributed by atoms with Gasteiger partial charge in [0, 0.05) is 7.05 Å². The Hall–Kier alpha value is -2.50. The van der Waals surface area contributed by atoms with E-state index in [2.05, 4.69) is 9.97 Å². The van der Waals surface area contributed by atoms with Gasteiger partial charge in [-0.25, -0.2) is 4.98 Å². The van der Waals surface area contributed by atoms with Gasteiger partial charge in [-0.15, -0.1) is 0 Å². The van der Waals surface area contributed by atoms with Crippen LogP contribution < -0.4 is 20.1 Å². The minimum absolute atomic E-state index is 0.388. The number of nitrogen functional groups attached to an aromatic ring is 1. The minimum atomic E-state index is 0.388. The molecule has 2 aromatic rings. The molecule has 0 spiro atoms. The zero-order valence-corrected chi connectivity index (χ0v) is 11.8. The van der Waals surface area contributed by atoms with Crippen LogP contribution in [0, 0.1) is 0 Å². The number of methoxy groups -OCH3 is 1. The molecule has 0 bridgehead atoms. The molecule has 1 aromatic heterocycles. The first kappa shape index (κ1) is 13.9. The Kier molecular flexibility index (Phi) is 4.24. The van der Waals surface area contributed by atoms with Crippen molar-refractivity contribution < 1.29 is 9.47 Å². The van der Waals surface area contributed by atoms with E-state index in [9.17, 15) is 0 Å². The van der Waals surface area contributed by atoms with Crippen molar-refractivity contribution in [3.05, 3.63) is 30.6 Å². The molecule has 1 aromatic carbocycles. The van der Waals surface area contributed by atoms with Crippen LogP contribution >= 0.6 is 0 Å². The Bertz CT molecular complexity index is 589. The summed E-state index contributed by atoms with van der Waals surface area (Å²) >= 11 is 0. The highest BCUT2D eigenvalue weighted by atomic mass is 16.5. The standard InChI is InChI=1S/C14H18N4O2/c1-4-20-14-12(15)13(16-9-17-14)18(2)10-7-5-6-8-11(10)19-3/h5-9H,4,15H2,1-3H3. The number of aromatic nitrogens is 2. The van der Waals surface area contributed by atoms with Crippen LogP contribution in [0.15, 0.2) is 30.6 Å². The highest BCUT2D eigenvalue weighted by molar-refractivity contribution is 5.76. The van der Waals surface area contributed by atoms with Crippen LogP contribution in [0.4, 0.5) is 17.2 Å². The summed E-state index contributed by atoms with van der Waals surface area (Å²) in [7, 11) is 3.49. The van der Waals surface area contributed by atoms with Gasteiger partial charge in [-0.3, -0.25) is 0 Å². The lowest BCUT2D eigenvalue weighted by atomic mass is 10.2. The molecule has 6 heteroatoms. The maximum Gasteiger partial charge on any atom is 0.242 e. The van der Waals surface area contributed by atoms with Crippen LogP contribution in [0.5, 0.6) is 11.6 Å². The van der Waals surface area contributed by atoms with Crippen LogP contribution in [0.25, 0.3) is 0 Å². The number of hydrogen-bond donors (Lipinski definition) is 1. The highest BCUT2D eigenvalue weighted by Crippen LogP contribution is 2.35. The number of para-hydroxylation sites is 2. The van der Waals surface area contributed by atoms with Crippen LogP contribution in [0.1, 0.15) is 6.92 Å². The lowest BCUT2D eigenvalue weighted by molar-refractivity contribution is 0.328. The molecule has 0 aliphatic heterocycles. The third kappa shape index (κ3) is 2.59. The molecule has 0 aliphatic rings. The molecule has 0 aliphatic carbocycles. The second-order valence-corrected chi connectivity index (χ2v) is 4.08. The first-order valence-electron chi connectivity index (χ1n) is 6.29. The third-order valence-corrected chi connectivity index (χ3v) is 2.87. The Balaban J connectivity index is 2.43. The SMILES string of the molecule is CCOc1ncnc(N(C)c2ccccc2OC)c1N. The van der Waals surface area contributed by atoms with Crippen molar-refractivity contribution in [3.63, 3.8) is 0 Å². The number of nitrogens with zero attached hydrogens (tertiary/aromatic N) is 3. The molecule has 0 saturated heterocycles. The predicted octanol–water partition coefficient (Wildman–Crippen LogP) is 2.23. The van der Waals surface area contributed by atoms with Gasteiger partial charge in [0.15, 0.2) is 5.82 Å². The van der Waals surface area contributed by atoms with Gasteiger partial charge in [-0.1, -0.05) is 12.1 Å². The van der Waals surface area contributed by atoms with E-state index in [4.69, 9.17) is 15.2 Å². The normalized spacial score (nSPS) is 10.2. The van der Waals surface area contributed by atoms with Crippen LogP contribution in [0.3, 0.4) is 0 Å². The van der Waals surface area contributed by atoms with Crippen LogP contribution in [0.2, 0.25) is 0 Å². The summed E-state index contributed by atoms with van der Waals surface area (Å²) in [5, 5.41) is 0. The van der Waals surface area contributed by atoms with Gasteiger partial charge in [0.05, 0.1) is 19.4 Å². The average molecular weight is 274 g/mol. The number of ether oxygens (including phenoxy) is 2. The molecule has 20 heavy (non-hydrogen) atoms. The molecular weight excluding hydrogens is 256 g/mol. The van der Waals surface area contributed by atoms with Crippen molar-refractivity contribution in [2.75, 3.05) is 31.4 Å². The van der Waals surface area contributed by atoms with Crippen molar-refractivity contribution in [2.24, 2.45) is 0 Å². The summed E-state index contributed by atoms with van der Waals surface area (Å²) in [6, 6.07) is 7.65. The fraction of sp³-hybridized carbons (Fsp3) is 0.286. The van der Waals surface area contributed by atoms with Gasteiger partial charge < -0.3 is 20.1 Å². The van der Waals surface area contributed by atoms with Crippen molar-refractivity contribution >= 4 is 17.2 Å². The van der Waals surface area contributed by atoms with Crippen molar-refractivity contribution in [3.8, 4) is 11.6 Å². The van der Waals surface area contributed by atoms with Gasteiger partial charge in [0.2, 0.25) is 5.88 Å². The molecule has 0 saturated carbocycles. The number of hydrogen-bond acceptors (Lipinski definition) is 6. The summed E-state index contributed by atoms with van der Waals surface area (Å²) in [5.41, 5.74) is 7.34. The summed E-state index contributed by atoms with van der Waals surface area (Å²) in [6.45, 7) is 2.38. The zero-order valence-electron chi connectivity index (χ0n) is 11.8. The molecular formula is C14H18N4O2. The number of benzene rings is 1. The molecule has 0 amide bonds. The van der Waals surface area contributed by atoms with Crippen LogP contribution in [-0.4, -0.2) is 30.7 Å². The first-order valence-corrected chi connectivity index (χ1v) is 6.29. The molecule has 2 rings (SSSR count). The predicted molar refractivity (Wildman–Crippen MR) is 78.7 cm³/mol. The van der Waals surface area contributed by atoms with E-state index < -0.39 is 0 Å². The zero-order chi connectivity index (χ0) is 14.5. The molecule has 106 valence electrons. The average Bonchev–Trinajstić information content (AvgIpc) is 2.49. The summed E-state index contributed by atoms with van der Waals surface area (Å²) in [6.07, 6.45) is 1.43. The van der Waals surface area contributed by atoms with E-state index in [1.807, 2.05) is 43.1 Å². The number of anilines is 3. The molecule has 0 radical (unpaired) electrons. The van der Waals surface area contributed by atoms with E-state index in [1.165, 1.54) is 6.33 Å². The Labute approximate surface area is 118 Å². The summed E-state index contributed by atoms with van der Waals surface area (Å²) in [5.74, 6) is 1.71. The largest absolute Gasteiger partial charge is 0.495 e. The highest BCUT2D eigenvalue weighted by Gasteiger charge is 2.16. The van der Waals surface area contributed by atoms with E-state index in [-0.39, 0.29) is 0 Å². The Morgan fingerprint density at radius 1 is 1.25 bits per heavy atom. The Morgan fingerprint density at radius 2 is 2.00 bits per heavy atom. The molecule has 1 heterocycles. The smallest absolute Gasteiger partial charge is 0.242 e. The molecule has 0 fully saturated rings. The maximum absolute atomic E-state index is 6.07.